The van der Waals surface area contributed by atoms with E-state index in [0.717, 1.165) is 22.4 Å². The highest BCUT2D eigenvalue weighted by atomic mass is 16.2. The molecule has 0 saturated carbocycles. The van der Waals surface area contributed by atoms with E-state index in [9.17, 15) is 9.59 Å². The summed E-state index contributed by atoms with van der Waals surface area (Å²) in [5.41, 5.74) is 10.7. The van der Waals surface area contributed by atoms with Crippen LogP contribution in [0.25, 0.3) is 0 Å². The zero-order valence-corrected chi connectivity index (χ0v) is 19.3. The lowest BCUT2D eigenvalue weighted by Crippen LogP contribution is -2.23. The molecule has 0 aliphatic rings. The largest absolute Gasteiger partial charge is 0.348 e. The van der Waals surface area contributed by atoms with Crippen molar-refractivity contribution in [3.05, 3.63) is 82.2 Å². The smallest absolute Gasteiger partial charge is 0.273 e. The van der Waals surface area contributed by atoms with Crippen molar-refractivity contribution >= 4 is 17.5 Å². The van der Waals surface area contributed by atoms with Crippen LogP contribution < -0.4 is 16.4 Å². The Hall–Kier alpha value is -3.45. The van der Waals surface area contributed by atoms with E-state index in [0.29, 0.717) is 30.0 Å². The summed E-state index contributed by atoms with van der Waals surface area (Å²) >= 11 is 0. The highest BCUT2D eigenvalue weighted by Crippen LogP contribution is 2.23. The Morgan fingerprint density at radius 2 is 1.66 bits per heavy atom. The van der Waals surface area contributed by atoms with E-state index in [-0.39, 0.29) is 17.2 Å². The fourth-order valence-electron chi connectivity index (χ4n) is 3.21. The summed E-state index contributed by atoms with van der Waals surface area (Å²) in [7, 11) is 1.75. The Morgan fingerprint density at radius 1 is 1.00 bits per heavy atom. The van der Waals surface area contributed by atoms with Gasteiger partial charge in [0.1, 0.15) is 5.69 Å². The van der Waals surface area contributed by atoms with Crippen molar-refractivity contribution in [2.45, 2.75) is 46.2 Å². The molecule has 2 amide bonds. The second kappa shape index (κ2) is 9.36. The predicted molar refractivity (Wildman–Crippen MR) is 127 cm³/mol. The molecule has 0 aliphatic carbocycles. The molecule has 0 saturated heterocycles. The number of hydrogen-bond donors (Lipinski definition) is 3. The molecule has 32 heavy (non-hydrogen) atoms. The van der Waals surface area contributed by atoms with Gasteiger partial charge in [-0.3, -0.25) is 14.3 Å². The molecule has 7 nitrogen and oxygen atoms in total. The number of aryl methyl sites for hydroxylation is 2. The Labute approximate surface area is 189 Å². The number of aromatic nitrogens is 2. The number of benzene rings is 2. The maximum absolute atomic E-state index is 12.9. The van der Waals surface area contributed by atoms with E-state index in [4.69, 9.17) is 5.73 Å². The number of hydrogen-bond acceptors (Lipinski definition) is 4. The van der Waals surface area contributed by atoms with Crippen LogP contribution in [0.5, 0.6) is 0 Å². The van der Waals surface area contributed by atoms with Gasteiger partial charge in [-0.1, -0.05) is 51.1 Å². The van der Waals surface area contributed by atoms with Crippen molar-refractivity contribution in [3.63, 3.8) is 0 Å². The van der Waals surface area contributed by atoms with E-state index in [1.165, 1.54) is 0 Å². The lowest BCUT2D eigenvalue weighted by atomic mass is 9.92. The average molecular weight is 434 g/mol. The topological polar surface area (TPSA) is 102 Å². The van der Waals surface area contributed by atoms with Crippen molar-refractivity contribution in [2.24, 2.45) is 12.8 Å². The number of nitrogens with two attached hydrogens (primary N) is 1. The van der Waals surface area contributed by atoms with Crippen LogP contribution in [0.2, 0.25) is 0 Å². The number of nitrogens with zero attached hydrogens (tertiary/aromatic N) is 2. The molecule has 7 heteroatoms. The van der Waals surface area contributed by atoms with Crippen LogP contribution >= 0.6 is 0 Å². The number of rotatable bonds is 6. The van der Waals surface area contributed by atoms with Crippen LogP contribution in [0.15, 0.2) is 48.5 Å². The van der Waals surface area contributed by atoms with Gasteiger partial charge >= 0.3 is 0 Å². The lowest BCUT2D eigenvalue weighted by Gasteiger charge is -2.13. The molecule has 168 valence electrons. The summed E-state index contributed by atoms with van der Waals surface area (Å²) in [6.45, 7) is 8.94. The normalized spacial score (nSPS) is 11.3. The number of carbonyl (C=O) groups is 2. The first-order chi connectivity index (χ1) is 15.1. The van der Waals surface area contributed by atoms with Gasteiger partial charge in [0, 0.05) is 36.8 Å². The van der Waals surface area contributed by atoms with Gasteiger partial charge in [-0.2, -0.15) is 5.10 Å². The van der Waals surface area contributed by atoms with Crippen molar-refractivity contribution in [1.29, 1.82) is 0 Å². The summed E-state index contributed by atoms with van der Waals surface area (Å²) < 4.78 is 1.58. The van der Waals surface area contributed by atoms with Gasteiger partial charge in [-0.05, 0) is 41.8 Å². The van der Waals surface area contributed by atoms with Gasteiger partial charge in [0.2, 0.25) is 0 Å². The quantitative estimate of drug-likeness (QED) is 0.552. The molecule has 0 radical (unpaired) electrons. The Balaban J connectivity index is 1.71. The highest BCUT2D eigenvalue weighted by Gasteiger charge is 2.22. The molecule has 4 N–H and O–H groups in total. The van der Waals surface area contributed by atoms with E-state index in [2.05, 4.69) is 36.5 Å². The third-order valence-electron chi connectivity index (χ3n) is 5.34. The highest BCUT2D eigenvalue weighted by molar-refractivity contribution is 6.04. The lowest BCUT2D eigenvalue weighted by molar-refractivity contribution is 0.0949. The first-order valence-corrected chi connectivity index (χ1v) is 10.6. The number of nitrogens with one attached hydrogen (secondary N) is 2. The standard InChI is InChI=1S/C25H31N5O2/c1-16-6-11-19(23(31)27-15-18-9-7-17(14-26)8-10-18)12-20(16)28-24(32)21-13-22(25(2,3)4)29-30(21)5/h6-13H,14-15,26H2,1-5H3,(H,27,31)(H,28,32). The van der Waals surface area contributed by atoms with E-state index < -0.39 is 0 Å². The summed E-state index contributed by atoms with van der Waals surface area (Å²) in [5.74, 6) is -0.477. The molecule has 3 aromatic rings. The van der Waals surface area contributed by atoms with Crippen molar-refractivity contribution in [3.8, 4) is 0 Å². The first kappa shape index (κ1) is 23.2. The fourth-order valence-corrected chi connectivity index (χ4v) is 3.21. The third-order valence-corrected chi connectivity index (χ3v) is 5.34. The van der Waals surface area contributed by atoms with Gasteiger partial charge in [0.15, 0.2) is 0 Å². The minimum absolute atomic E-state index is 0.158. The van der Waals surface area contributed by atoms with Crippen molar-refractivity contribution in [2.75, 3.05) is 5.32 Å². The SMILES string of the molecule is Cc1ccc(C(=O)NCc2ccc(CN)cc2)cc1NC(=O)c1cc(C(C)(C)C)nn1C. The first-order valence-electron chi connectivity index (χ1n) is 10.6. The minimum atomic E-state index is -0.267. The summed E-state index contributed by atoms with van der Waals surface area (Å²) in [5, 5.41) is 10.3. The number of anilines is 1. The molecular formula is C25H31N5O2. The van der Waals surface area contributed by atoms with Crippen LogP contribution in [0.3, 0.4) is 0 Å². The molecule has 0 spiro atoms. The molecular weight excluding hydrogens is 402 g/mol. The minimum Gasteiger partial charge on any atom is -0.348 e. The zero-order chi connectivity index (χ0) is 23.5. The molecule has 1 heterocycles. The average Bonchev–Trinajstić information content (AvgIpc) is 3.16. The maximum atomic E-state index is 12.9. The van der Waals surface area contributed by atoms with Crippen LogP contribution in [0, 0.1) is 6.92 Å². The zero-order valence-electron chi connectivity index (χ0n) is 19.3. The summed E-state index contributed by atoms with van der Waals surface area (Å²) in [6.07, 6.45) is 0. The molecule has 0 bridgehead atoms. The monoisotopic (exact) mass is 433 g/mol. The number of carbonyl (C=O) groups excluding carboxylic acids is 2. The van der Waals surface area contributed by atoms with E-state index in [1.54, 1.807) is 29.9 Å². The molecule has 0 fully saturated rings. The van der Waals surface area contributed by atoms with Crippen LogP contribution in [0.1, 0.15) is 64.0 Å². The fraction of sp³-hybridized carbons (Fsp3) is 0.320. The Bertz CT molecular complexity index is 1120. The molecule has 1 aromatic heterocycles. The van der Waals surface area contributed by atoms with E-state index in [1.807, 2.05) is 37.3 Å². The Kier molecular flexibility index (Phi) is 6.79. The molecule has 0 aliphatic heterocycles. The van der Waals surface area contributed by atoms with Crippen LogP contribution in [0.4, 0.5) is 5.69 Å². The molecule has 0 unspecified atom stereocenters. The number of amides is 2. The second-order valence-electron chi connectivity index (χ2n) is 8.98. The predicted octanol–water partition coefficient (Wildman–Crippen LogP) is 3.67. The van der Waals surface area contributed by atoms with Gasteiger partial charge in [-0.15, -0.1) is 0 Å². The molecule has 3 rings (SSSR count). The van der Waals surface area contributed by atoms with Gasteiger partial charge < -0.3 is 16.4 Å². The summed E-state index contributed by atoms with van der Waals surface area (Å²) in [4.78, 5) is 25.6. The van der Waals surface area contributed by atoms with E-state index >= 15 is 0 Å². The van der Waals surface area contributed by atoms with Gasteiger partial charge in [0.05, 0.1) is 5.69 Å². The summed E-state index contributed by atoms with van der Waals surface area (Å²) in [6, 6.07) is 14.9. The van der Waals surface area contributed by atoms with Crippen molar-refractivity contribution in [1.82, 2.24) is 15.1 Å². The third kappa shape index (κ3) is 5.42. The maximum Gasteiger partial charge on any atom is 0.273 e. The van der Waals surface area contributed by atoms with Crippen LogP contribution in [-0.2, 0) is 25.6 Å². The van der Waals surface area contributed by atoms with Crippen molar-refractivity contribution < 1.29 is 9.59 Å². The Morgan fingerprint density at radius 3 is 2.25 bits per heavy atom. The van der Waals surface area contributed by atoms with Gasteiger partial charge in [-0.25, -0.2) is 0 Å². The van der Waals surface area contributed by atoms with Crippen LogP contribution in [-0.4, -0.2) is 21.6 Å². The second-order valence-corrected chi connectivity index (χ2v) is 8.98. The molecule has 0 atom stereocenters. The molecule has 2 aromatic carbocycles. The van der Waals surface area contributed by atoms with Gasteiger partial charge in [0.25, 0.3) is 11.8 Å².